The van der Waals surface area contributed by atoms with Gasteiger partial charge in [-0.15, -0.1) is 0 Å². The largest absolute Gasteiger partial charge is 0.399 e. The average Bonchev–Trinajstić information content (AvgIpc) is 2.71. The number of hydrogen-bond donors (Lipinski definition) is 1. The van der Waals surface area contributed by atoms with Crippen LogP contribution in [0, 0.1) is 0 Å². The zero-order valence-electron chi connectivity index (χ0n) is 12.5. The number of nitrogen functional groups attached to an aromatic ring is 1. The summed E-state index contributed by atoms with van der Waals surface area (Å²) in [5, 5.41) is 0. The minimum atomic E-state index is -0.00133. The van der Waals surface area contributed by atoms with Gasteiger partial charge in [0.2, 0.25) is 0 Å². The molecule has 0 bridgehead atoms. The number of fused-ring (bicyclic) bond motifs is 1. The smallest absolute Gasteiger partial charge is 0.112 e. The van der Waals surface area contributed by atoms with Crippen LogP contribution in [0.25, 0.3) is 11.0 Å². The molecule has 1 heterocycles. The van der Waals surface area contributed by atoms with Crippen molar-refractivity contribution < 1.29 is 4.74 Å². The Balaban J connectivity index is 2.09. The molecule has 1 fully saturated rings. The molecule has 1 aromatic heterocycles. The van der Waals surface area contributed by atoms with Crippen molar-refractivity contribution in [3.63, 3.8) is 0 Å². The molecule has 1 saturated carbocycles. The highest BCUT2D eigenvalue weighted by atomic mass is 16.5. The van der Waals surface area contributed by atoms with E-state index >= 15 is 0 Å². The maximum atomic E-state index is 5.88. The molecule has 0 spiro atoms. The Labute approximate surface area is 119 Å². The van der Waals surface area contributed by atoms with Crippen molar-refractivity contribution in [3.8, 4) is 0 Å². The van der Waals surface area contributed by atoms with Crippen LogP contribution in [0.3, 0.4) is 0 Å². The van der Waals surface area contributed by atoms with Crippen LogP contribution >= 0.6 is 0 Å². The first-order valence-corrected chi connectivity index (χ1v) is 7.35. The third-order valence-corrected chi connectivity index (χ3v) is 4.46. The lowest BCUT2D eigenvalue weighted by Gasteiger charge is -2.41. The molecule has 0 aliphatic heterocycles. The standard InChI is InChI=1S/C16H23N3O/c1-11(2)15-18-13-9-12(17)5-6-14(13)19(15)10-16(20-3)7-4-8-16/h5-6,9,11H,4,7-8,10,17H2,1-3H3. The second-order valence-corrected chi connectivity index (χ2v) is 6.20. The SMILES string of the molecule is COC1(Cn2c(C(C)C)nc3cc(N)ccc32)CCC1. The number of ether oxygens (including phenoxy) is 1. The lowest BCUT2D eigenvalue weighted by Crippen LogP contribution is -2.43. The molecule has 0 unspecified atom stereocenters. The van der Waals surface area contributed by atoms with Gasteiger partial charge in [-0.1, -0.05) is 13.8 Å². The van der Waals surface area contributed by atoms with Crippen LogP contribution < -0.4 is 5.73 Å². The number of benzene rings is 1. The maximum Gasteiger partial charge on any atom is 0.112 e. The van der Waals surface area contributed by atoms with Crippen molar-refractivity contribution in [1.29, 1.82) is 0 Å². The van der Waals surface area contributed by atoms with Gasteiger partial charge < -0.3 is 15.0 Å². The van der Waals surface area contributed by atoms with Gasteiger partial charge >= 0.3 is 0 Å². The second-order valence-electron chi connectivity index (χ2n) is 6.20. The zero-order valence-corrected chi connectivity index (χ0v) is 12.5. The molecular formula is C16H23N3O. The summed E-state index contributed by atoms with van der Waals surface area (Å²) in [6.07, 6.45) is 3.52. The molecule has 0 amide bonds. The number of anilines is 1. The number of rotatable bonds is 4. The summed E-state index contributed by atoms with van der Waals surface area (Å²) >= 11 is 0. The fraction of sp³-hybridized carbons (Fsp3) is 0.562. The molecule has 3 rings (SSSR count). The summed E-state index contributed by atoms with van der Waals surface area (Å²) < 4.78 is 8.10. The molecule has 1 aliphatic carbocycles. The van der Waals surface area contributed by atoms with Gasteiger partial charge in [-0.05, 0) is 37.5 Å². The van der Waals surface area contributed by atoms with E-state index < -0.39 is 0 Å². The first-order chi connectivity index (χ1) is 9.54. The predicted molar refractivity (Wildman–Crippen MR) is 81.8 cm³/mol. The average molecular weight is 273 g/mol. The van der Waals surface area contributed by atoms with Gasteiger partial charge in [-0.3, -0.25) is 0 Å². The van der Waals surface area contributed by atoms with Gasteiger partial charge in [0.1, 0.15) is 5.82 Å². The molecule has 0 atom stereocenters. The topological polar surface area (TPSA) is 53.1 Å². The number of nitrogens with two attached hydrogens (primary N) is 1. The fourth-order valence-electron chi connectivity index (χ4n) is 3.06. The molecule has 0 saturated heterocycles. The summed E-state index contributed by atoms with van der Waals surface area (Å²) in [5.74, 6) is 1.51. The monoisotopic (exact) mass is 273 g/mol. The van der Waals surface area contributed by atoms with Crippen LogP contribution in [0.15, 0.2) is 18.2 Å². The Morgan fingerprint density at radius 3 is 2.70 bits per heavy atom. The van der Waals surface area contributed by atoms with Gasteiger partial charge in [-0.2, -0.15) is 0 Å². The highest BCUT2D eigenvalue weighted by Crippen LogP contribution is 2.38. The van der Waals surface area contributed by atoms with E-state index in [0.29, 0.717) is 5.92 Å². The Hall–Kier alpha value is -1.55. The third-order valence-electron chi connectivity index (χ3n) is 4.46. The van der Waals surface area contributed by atoms with Crippen LogP contribution in [0.4, 0.5) is 5.69 Å². The molecule has 2 N–H and O–H groups in total. The zero-order chi connectivity index (χ0) is 14.3. The molecular weight excluding hydrogens is 250 g/mol. The molecule has 0 radical (unpaired) electrons. The number of hydrogen-bond acceptors (Lipinski definition) is 3. The van der Waals surface area contributed by atoms with Crippen molar-refractivity contribution in [3.05, 3.63) is 24.0 Å². The van der Waals surface area contributed by atoms with Gasteiger partial charge in [0.05, 0.1) is 23.2 Å². The van der Waals surface area contributed by atoms with E-state index in [0.717, 1.165) is 41.9 Å². The molecule has 4 nitrogen and oxygen atoms in total. The lowest BCUT2D eigenvalue weighted by molar-refractivity contribution is -0.0833. The summed E-state index contributed by atoms with van der Waals surface area (Å²) in [6, 6.07) is 5.98. The minimum Gasteiger partial charge on any atom is -0.399 e. The third kappa shape index (κ3) is 2.08. The van der Waals surface area contributed by atoms with Crippen molar-refractivity contribution in [2.75, 3.05) is 12.8 Å². The summed E-state index contributed by atoms with van der Waals surface area (Å²) in [4.78, 5) is 4.78. The highest BCUT2D eigenvalue weighted by molar-refractivity contribution is 5.79. The minimum absolute atomic E-state index is 0.00133. The van der Waals surface area contributed by atoms with E-state index in [1.807, 2.05) is 19.2 Å². The van der Waals surface area contributed by atoms with E-state index in [2.05, 4.69) is 24.5 Å². The van der Waals surface area contributed by atoms with Gasteiger partial charge in [0.25, 0.3) is 0 Å². The molecule has 1 aliphatic rings. The van der Waals surface area contributed by atoms with Crippen LogP contribution in [0.2, 0.25) is 0 Å². The van der Waals surface area contributed by atoms with E-state index in [-0.39, 0.29) is 5.60 Å². The first-order valence-electron chi connectivity index (χ1n) is 7.35. The molecule has 1 aromatic carbocycles. The van der Waals surface area contributed by atoms with Crippen LogP contribution in [0.5, 0.6) is 0 Å². The normalized spacial score (nSPS) is 17.6. The van der Waals surface area contributed by atoms with Crippen LogP contribution in [0.1, 0.15) is 44.9 Å². The van der Waals surface area contributed by atoms with Gasteiger partial charge in [0, 0.05) is 18.7 Å². The van der Waals surface area contributed by atoms with E-state index in [1.165, 1.54) is 6.42 Å². The first kappa shape index (κ1) is 13.4. The second kappa shape index (κ2) is 4.77. The van der Waals surface area contributed by atoms with Crippen LogP contribution in [-0.4, -0.2) is 22.3 Å². The lowest BCUT2D eigenvalue weighted by atomic mass is 9.80. The fourth-order valence-corrected chi connectivity index (χ4v) is 3.06. The number of aromatic nitrogens is 2. The van der Waals surface area contributed by atoms with Crippen molar-refractivity contribution in [1.82, 2.24) is 9.55 Å². The van der Waals surface area contributed by atoms with Gasteiger partial charge in [-0.25, -0.2) is 4.98 Å². The summed E-state index contributed by atoms with van der Waals surface area (Å²) in [5.41, 5.74) is 8.79. The van der Waals surface area contributed by atoms with Crippen molar-refractivity contribution in [2.24, 2.45) is 0 Å². The predicted octanol–water partition coefficient (Wildman–Crippen LogP) is 3.31. The van der Waals surface area contributed by atoms with Crippen LogP contribution in [-0.2, 0) is 11.3 Å². The molecule has 108 valence electrons. The van der Waals surface area contributed by atoms with Crippen molar-refractivity contribution in [2.45, 2.75) is 51.2 Å². The van der Waals surface area contributed by atoms with Gasteiger partial charge in [0.15, 0.2) is 0 Å². The Morgan fingerprint density at radius 1 is 1.40 bits per heavy atom. The Kier molecular flexibility index (Phi) is 3.21. The number of nitrogens with zero attached hydrogens (tertiary/aromatic N) is 2. The van der Waals surface area contributed by atoms with E-state index in [4.69, 9.17) is 15.5 Å². The summed E-state index contributed by atoms with van der Waals surface area (Å²) in [7, 11) is 1.82. The van der Waals surface area contributed by atoms with E-state index in [1.54, 1.807) is 0 Å². The Bertz CT molecular complexity index is 620. The number of imidazole rings is 1. The molecule has 2 aromatic rings. The Morgan fingerprint density at radius 2 is 2.15 bits per heavy atom. The number of methoxy groups -OCH3 is 1. The van der Waals surface area contributed by atoms with Crippen molar-refractivity contribution >= 4 is 16.7 Å². The summed E-state index contributed by atoms with van der Waals surface area (Å²) in [6.45, 7) is 5.25. The molecule has 4 heteroatoms. The quantitative estimate of drug-likeness (QED) is 0.869. The molecule has 20 heavy (non-hydrogen) atoms. The van der Waals surface area contributed by atoms with E-state index in [9.17, 15) is 0 Å². The highest BCUT2D eigenvalue weighted by Gasteiger charge is 2.38. The maximum absolute atomic E-state index is 5.88.